The maximum absolute atomic E-state index is 12.6. The number of ether oxygens (including phenoxy) is 2. The van der Waals surface area contributed by atoms with Crippen molar-refractivity contribution in [2.24, 2.45) is 17.8 Å². The van der Waals surface area contributed by atoms with Gasteiger partial charge in [-0.2, -0.15) is 0 Å². The lowest BCUT2D eigenvalue weighted by Gasteiger charge is -2.40. The first-order valence-electron chi connectivity index (χ1n) is 9.52. The molecule has 27 heavy (non-hydrogen) atoms. The van der Waals surface area contributed by atoms with Gasteiger partial charge in [-0.1, -0.05) is 27.7 Å². The first-order chi connectivity index (χ1) is 12.7. The van der Waals surface area contributed by atoms with E-state index >= 15 is 0 Å². The number of carbonyl (C=O) groups is 2. The van der Waals surface area contributed by atoms with Gasteiger partial charge in [0, 0.05) is 18.0 Å². The van der Waals surface area contributed by atoms with Crippen LogP contribution < -0.4 is 5.32 Å². The number of aromatic nitrogens is 1. The maximum atomic E-state index is 12.6. The van der Waals surface area contributed by atoms with Crippen LogP contribution in [0.25, 0.3) is 0 Å². The summed E-state index contributed by atoms with van der Waals surface area (Å²) in [6, 6.07) is 1.43. The summed E-state index contributed by atoms with van der Waals surface area (Å²) in [6.07, 6.45) is 1.58. The van der Waals surface area contributed by atoms with Crippen LogP contribution in [0.15, 0.2) is 12.3 Å². The lowest BCUT2D eigenvalue weighted by atomic mass is 9.86. The quantitative estimate of drug-likeness (QED) is 0.782. The lowest BCUT2D eigenvalue weighted by Crippen LogP contribution is -2.50. The zero-order valence-electron chi connectivity index (χ0n) is 16.4. The van der Waals surface area contributed by atoms with Gasteiger partial charge in [0.05, 0.1) is 24.2 Å². The molecule has 2 fully saturated rings. The van der Waals surface area contributed by atoms with Crippen LogP contribution in [0.5, 0.6) is 5.75 Å². The number of hydrogen-bond donors (Lipinski definition) is 2. The molecule has 7 nitrogen and oxygen atoms in total. The topological polar surface area (TPSA) is 97.8 Å². The van der Waals surface area contributed by atoms with Crippen LogP contribution in [0.4, 0.5) is 0 Å². The van der Waals surface area contributed by atoms with Crippen LogP contribution in [0, 0.1) is 24.7 Å². The monoisotopic (exact) mass is 376 g/mol. The highest BCUT2D eigenvalue weighted by molar-refractivity contribution is 5.95. The lowest BCUT2D eigenvalue weighted by molar-refractivity contribution is -0.180. The Kier molecular flexibility index (Phi) is 5.42. The van der Waals surface area contributed by atoms with E-state index in [1.54, 1.807) is 13.0 Å². The maximum Gasteiger partial charge on any atom is 0.308 e. The first-order valence-corrected chi connectivity index (χ1v) is 9.52. The number of aryl methyl sites for hydroxylation is 1. The molecule has 148 valence electrons. The summed E-state index contributed by atoms with van der Waals surface area (Å²) in [5.41, 5.74) is 0.610. The molecule has 1 aromatic heterocycles. The van der Waals surface area contributed by atoms with Gasteiger partial charge in [0.2, 0.25) is 0 Å². The van der Waals surface area contributed by atoms with E-state index in [1.807, 2.05) is 27.7 Å². The van der Waals surface area contributed by atoms with Gasteiger partial charge in [-0.3, -0.25) is 9.59 Å². The number of pyridine rings is 1. The van der Waals surface area contributed by atoms with E-state index in [-0.39, 0.29) is 59.5 Å². The predicted molar refractivity (Wildman–Crippen MR) is 98.2 cm³/mol. The smallest absolute Gasteiger partial charge is 0.308 e. The van der Waals surface area contributed by atoms with E-state index in [4.69, 9.17) is 9.47 Å². The average Bonchev–Trinajstić information content (AvgIpc) is 3.00. The van der Waals surface area contributed by atoms with Crippen molar-refractivity contribution >= 4 is 11.9 Å². The molecular formula is C20H28N2O5. The summed E-state index contributed by atoms with van der Waals surface area (Å²) in [5, 5.41) is 13.1. The molecule has 6 unspecified atom stereocenters. The minimum absolute atomic E-state index is 0.0138. The Morgan fingerprint density at radius 2 is 2.04 bits per heavy atom. The van der Waals surface area contributed by atoms with Crippen molar-refractivity contribution in [2.75, 3.05) is 0 Å². The van der Waals surface area contributed by atoms with E-state index in [0.29, 0.717) is 12.0 Å². The molecule has 0 aromatic carbocycles. The molecule has 2 saturated heterocycles. The Morgan fingerprint density at radius 3 is 2.70 bits per heavy atom. The Labute approximate surface area is 159 Å². The van der Waals surface area contributed by atoms with E-state index in [2.05, 4.69) is 10.3 Å². The molecule has 1 amide bonds. The Hall–Kier alpha value is -2.15. The van der Waals surface area contributed by atoms with Crippen molar-refractivity contribution in [1.29, 1.82) is 0 Å². The normalized spacial score (nSPS) is 32.4. The average molecular weight is 376 g/mol. The fourth-order valence-electron chi connectivity index (χ4n) is 4.02. The highest BCUT2D eigenvalue weighted by Gasteiger charge is 2.52. The number of aromatic hydroxyl groups is 1. The highest BCUT2D eigenvalue weighted by atomic mass is 16.6. The fraction of sp³-hybridized carbons (Fsp3) is 0.650. The molecule has 3 rings (SSSR count). The molecule has 0 radical (unpaired) electrons. The zero-order chi connectivity index (χ0) is 19.9. The second-order valence-corrected chi connectivity index (χ2v) is 8.05. The van der Waals surface area contributed by atoms with Crippen molar-refractivity contribution < 1.29 is 24.2 Å². The van der Waals surface area contributed by atoms with Crippen molar-refractivity contribution in [3.8, 4) is 5.75 Å². The summed E-state index contributed by atoms with van der Waals surface area (Å²) in [5.74, 6) is -0.933. The van der Waals surface area contributed by atoms with Gasteiger partial charge >= 0.3 is 5.97 Å². The summed E-state index contributed by atoms with van der Waals surface area (Å²) in [6.45, 7) is 9.36. The molecule has 2 aliphatic rings. The standard InChI is InChI=1S/C20H28N2O5/c1-9(2)20(25)27-17-11(4)14-8-13(18(26-14)12(17)5)22-19(24)15-16(23)10(3)6-7-21-15/h6-7,9,11-14,17-18,23H,8H2,1-5H3,(H,22,24). The summed E-state index contributed by atoms with van der Waals surface area (Å²) >= 11 is 0. The number of nitrogens with one attached hydrogen (secondary N) is 1. The third kappa shape index (κ3) is 3.65. The van der Waals surface area contributed by atoms with Gasteiger partial charge in [0.1, 0.15) is 11.9 Å². The molecular weight excluding hydrogens is 348 g/mol. The van der Waals surface area contributed by atoms with Crippen LogP contribution in [-0.4, -0.2) is 46.3 Å². The molecule has 7 heteroatoms. The third-order valence-electron chi connectivity index (χ3n) is 5.74. The van der Waals surface area contributed by atoms with Crippen LogP contribution in [-0.2, 0) is 14.3 Å². The Bertz CT molecular complexity index is 735. The SMILES string of the molecule is Cc1ccnc(C(=O)NC2CC3OC2C(C)C(OC(=O)C(C)C)C3C)c1O. The second kappa shape index (κ2) is 7.46. The van der Waals surface area contributed by atoms with E-state index < -0.39 is 5.91 Å². The minimum atomic E-state index is -0.423. The Balaban J connectivity index is 1.74. The van der Waals surface area contributed by atoms with Gasteiger partial charge in [-0.25, -0.2) is 4.98 Å². The molecule has 0 spiro atoms. The van der Waals surface area contributed by atoms with Gasteiger partial charge < -0.3 is 19.9 Å². The van der Waals surface area contributed by atoms with E-state index in [9.17, 15) is 14.7 Å². The number of carbonyl (C=O) groups excluding carboxylic acids is 2. The van der Waals surface area contributed by atoms with Crippen molar-refractivity contribution in [3.05, 3.63) is 23.5 Å². The van der Waals surface area contributed by atoms with Gasteiger partial charge in [-0.05, 0) is 25.0 Å². The van der Waals surface area contributed by atoms with E-state index in [0.717, 1.165) is 0 Å². The first kappa shape index (κ1) is 19.6. The van der Waals surface area contributed by atoms with Crippen LogP contribution in [0.3, 0.4) is 0 Å². The van der Waals surface area contributed by atoms with E-state index in [1.165, 1.54) is 6.20 Å². The number of esters is 1. The summed E-state index contributed by atoms with van der Waals surface area (Å²) < 4.78 is 11.9. The van der Waals surface area contributed by atoms with Gasteiger partial charge in [-0.15, -0.1) is 0 Å². The molecule has 0 aliphatic carbocycles. The molecule has 3 heterocycles. The summed E-state index contributed by atoms with van der Waals surface area (Å²) in [4.78, 5) is 28.7. The van der Waals surface area contributed by atoms with Crippen molar-refractivity contribution in [2.45, 2.75) is 65.4 Å². The van der Waals surface area contributed by atoms with Crippen molar-refractivity contribution in [3.63, 3.8) is 0 Å². The highest BCUT2D eigenvalue weighted by Crippen LogP contribution is 2.42. The van der Waals surface area contributed by atoms with Crippen LogP contribution >= 0.6 is 0 Å². The minimum Gasteiger partial charge on any atom is -0.505 e. The van der Waals surface area contributed by atoms with Crippen LogP contribution in [0.2, 0.25) is 0 Å². The Morgan fingerprint density at radius 1 is 1.33 bits per heavy atom. The molecule has 2 N–H and O–H groups in total. The van der Waals surface area contributed by atoms with Gasteiger partial charge in [0.15, 0.2) is 5.69 Å². The number of fused-ring (bicyclic) bond motifs is 2. The predicted octanol–water partition coefficient (Wildman–Crippen LogP) is 2.21. The zero-order valence-corrected chi connectivity index (χ0v) is 16.4. The molecule has 0 saturated carbocycles. The number of amides is 1. The number of hydrogen-bond acceptors (Lipinski definition) is 6. The second-order valence-electron chi connectivity index (χ2n) is 8.05. The van der Waals surface area contributed by atoms with Crippen LogP contribution in [0.1, 0.15) is 50.2 Å². The molecule has 6 atom stereocenters. The number of nitrogens with zero attached hydrogens (tertiary/aromatic N) is 1. The largest absolute Gasteiger partial charge is 0.505 e. The molecule has 2 bridgehead atoms. The molecule has 2 aliphatic heterocycles. The van der Waals surface area contributed by atoms with Crippen molar-refractivity contribution in [1.82, 2.24) is 10.3 Å². The summed E-state index contributed by atoms with van der Waals surface area (Å²) in [7, 11) is 0. The third-order valence-corrected chi connectivity index (χ3v) is 5.74. The number of rotatable bonds is 4. The molecule has 1 aromatic rings. The van der Waals surface area contributed by atoms with Gasteiger partial charge in [0.25, 0.3) is 5.91 Å². The fourth-order valence-corrected chi connectivity index (χ4v) is 4.02.